The Balaban J connectivity index is 1.82. The van der Waals surface area contributed by atoms with Crippen molar-refractivity contribution in [2.45, 2.75) is 6.92 Å². The highest BCUT2D eigenvalue weighted by atomic mass is 79.9. The largest absolute Gasteiger partial charge is 0.484 e. The molecule has 2 aromatic carbocycles. The molecule has 0 saturated carbocycles. The maximum Gasteiger partial charge on any atom is 0.342 e. The number of Topliss-reactive ketones (excluding diaryl/α,β-unsaturated/α-hetero) is 1. The molecule has 0 aliphatic rings. The monoisotopic (exact) mass is 464 g/mol. The van der Waals surface area contributed by atoms with Crippen LogP contribution in [0.3, 0.4) is 0 Å². The summed E-state index contributed by atoms with van der Waals surface area (Å²) in [5.74, 6) is -0.488. The molecule has 0 bridgehead atoms. The van der Waals surface area contributed by atoms with Gasteiger partial charge in [0.05, 0.1) is 11.1 Å². The smallest absolute Gasteiger partial charge is 0.342 e. The number of hydrogen-bond acceptors (Lipinski definition) is 6. The van der Waals surface area contributed by atoms with E-state index in [4.69, 9.17) is 18.6 Å². The van der Waals surface area contributed by atoms with Gasteiger partial charge in [-0.25, -0.2) is 9.18 Å². The number of ether oxygens (including phenoxy) is 3. The number of esters is 1. The number of carbonyl (C=O) groups excluding carboxylic acids is 2. The zero-order valence-corrected chi connectivity index (χ0v) is 17.4. The minimum absolute atomic E-state index is 0.119. The summed E-state index contributed by atoms with van der Waals surface area (Å²) < 4.78 is 34.9. The van der Waals surface area contributed by atoms with E-state index in [0.29, 0.717) is 38.1 Å². The Labute approximate surface area is 174 Å². The quantitative estimate of drug-likeness (QED) is 0.273. The average molecular weight is 465 g/mol. The number of rotatable bonds is 8. The highest BCUT2D eigenvalue weighted by Gasteiger charge is 2.22. The molecule has 0 aliphatic heterocycles. The normalized spacial score (nSPS) is 10.9. The Morgan fingerprint density at radius 2 is 1.86 bits per heavy atom. The van der Waals surface area contributed by atoms with Crippen LogP contribution in [-0.4, -0.2) is 38.7 Å². The Kier molecular flexibility index (Phi) is 6.66. The van der Waals surface area contributed by atoms with Crippen molar-refractivity contribution in [2.75, 3.05) is 26.9 Å². The molecule has 3 aromatic rings. The Bertz CT molecular complexity index is 1040. The molecule has 29 heavy (non-hydrogen) atoms. The van der Waals surface area contributed by atoms with Gasteiger partial charge in [0.1, 0.15) is 35.1 Å². The first-order chi connectivity index (χ1) is 13.9. The molecule has 6 nitrogen and oxygen atoms in total. The first-order valence-electron chi connectivity index (χ1n) is 8.71. The number of ketones is 1. The molecule has 0 amide bonds. The van der Waals surface area contributed by atoms with E-state index in [-0.39, 0.29) is 25.6 Å². The molecular weight excluding hydrogens is 447 g/mol. The molecule has 3 rings (SSSR count). The summed E-state index contributed by atoms with van der Waals surface area (Å²) >= 11 is 3.38. The topological polar surface area (TPSA) is 75.0 Å². The molecule has 0 saturated heterocycles. The van der Waals surface area contributed by atoms with E-state index < -0.39 is 11.8 Å². The lowest BCUT2D eigenvalue weighted by atomic mass is 10.1. The summed E-state index contributed by atoms with van der Waals surface area (Å²) in [6.07, 6.45) is 0. The third kappa shape index (κ3) is 4.83. The summed E-state index contributed by atoms with van der Waals surface area (Å²) in [5, 5.41) is 0.511. The third-order valence-electron chi connectivity index (χ3n) is 4.17. The van der Waals surface area contributed by atoms with E-state index in [9.17, 15) is 14.0 Å². The molecule has 0 unspecified atom stereocenters. The fourth-order valence-corrected chi connectivity index (χ4v) is 3.17. The lowest BCUT2D eigenvalue weighted by Crippen LogP contribution is -2.12. The highest BCUT2D eigenvalue weighted by molar-refractivity contribution is 9.10. The van der Waals surface area contributed by atoms with Gasteiger partial charge in [0.25, 0.3) is 0 Å². The van der Waals surface area contributed by atoms with Crippen LogP contribution in [0.5, 0.6) is 5.75 Å². The number of halogens is 2. The van der Waals surface area contributed by atoms with Crippen LogP contribution in [0.1, 0.15) is 26.5 Å². The molecule has 0 aliphatic carbocycles. The maximum atomic E-state index is 13.0. The predicted molar refractivity (Wildman–Crippen MR) is 107 cm³/mol. The van der Waals surface area contributed by atoms with Crippen LogP contribution < -0.4 is 4.74 Å². The van der Waals surface area contributed by atoms with Gasteiger partial charge in [-0.15, -0.1) is 0 Å². The van der Waals surface area contributed by atoms with E-state index in [2.05, 4.69) is 15.9 Å². The number of aryl methyl sites for hydroxylation is 1. The molecule has 152 valence electrons. The van der Waals surface area contributed by atoms with Crippen molar-refractivity contribution < 1.29 is 32.6 Å². The zero-order chi connectivity index (χ0) is 21.0. The standard InChI is InChI=1S/C21H18BrFO6/c1-12-20(21(25)27-8-7-26-2)15-9-19(16(22)10-18(15)29-12)28-11-17(24)13-3-5-14(23)6-4-13/h3-6,9-10H,7-8,11H2,1-2H3. The molecule has 0 fully saturated rings. The van der Waals surface area contributed by atoms with Crippen LogP contribution in [-0.2, 0) is 9.47 Å². The lowest BCUT2D eigenvalue weighted by molar-refractivity contribution is 0.0388. The number of fused-ring (bicyclic) bond motifs is 1. The molecule has 1 heterocycles. The summed E-state index contributed by atoms with van der Waals surface area (Å²) in [6.45, 7) is 1.82. The first kappa shape index (κ1) is 21.0. The number of furan rings is 1. The number of carbonyl (C=O) groups is 2. The molecule has 0 spiro atoms. The van der Waals surface area contributed by atoms with Gasteiger partial charge in [0, 0.05) is 18.1 Å². The Morgan fingerprint density at radius 1 is 1.14 bits per heavy atom. The van der Waals surface area contributed by atoms with Gasteiger partial charge < -0.3 is 18.6 Å². The van der Waals surface area contributed by atoms with Crippen LogP contribution >= 0.6 is 15.9 Å². The SMILES string of the molecule is COCCOC(=O)c1c(C)oc2cc(Br)c(OCC(=O)c3ccc(F)cc3)cc12. The predicted octanol–water partition coefficient (Wildman–Crippen LogP) is 4.71. The van der Waals surface area contributed by atoms with Crippen LogP contribution in [0.4, 0.5) is 4.39 Å². The van der Waals surface area contributed by atoms with Gasteiger partial charge >= 0.3 is 5.97 Å². The second-order valence-corrected chi connectivity index (χ2v) is 7.01. The number of benzene rings is 2. The van der Waals surface area contributed by atoms with Gasteiger partial charge in [-0.3, -0.25) is 4.79 Å². The van der Waals surface area contributed by atoms with Gasteiger partial charge in [-0.05, 0) is 59.3 Å². The van der Waals surface area contributed by atoms with Gasteiger partial charge in [0.2, 0.25) is 0 Å². The Hall–Kier alpha value is -2.71. The van der Waals surface area contributed by atoms with E-state index in [1.807, 2.05) is 0 Å². The van der Waals surface area contributed by atoms with Crippen LogP contribution in [0, 0.1) is 12.7 Å². The second kappa shape index (κ2) is 9.19. The van der Waals surface area contributed by atoms with Crippen molar-refractivity contribution in [2.24, 2.45) is 0 Å². The fourth-order valence-electron chi connectivity index (χ4n) is 2.74. The second-order valence-electron chi connectivity index (χ2n) is 6.16. The van der Waals surface area contributed by atoms with Crippen LogP contribution in [0.2, 0.25) is 0 Å². The van der Waals surface area contributed by atoms with E-state index in [0.717, 1.165) is 0 Å². The third-order valence-corrected chi connectivity index (χ3v) is 4.79. The summed E-state index contributed by atoms with van der Waals surface area (Å²) in [5.41, 5.74) is 1.11. The summed E-state index contributed by atoms with van der Waals surface area (Å²) in [7, 11) is 1.51. The fraction of sp³-hybridized carbons (Fsp3) is 0.238. The molecule has 0 N–H and O–H groups in total. The molecule has 1 aromatic heterocycles. The minimum Gasteiger partial charge on any atom is -0.484 e. The zero-order valence-electron chi connectivity index (χ0n) is 15.8. The van der Waals surface area contributed by atoms with Gasteiger partial charge in [0.15, 0.2) is 12.4 Å². The molecule has 0 radical (unpaired) electrons. The van der Waals surface area contributed by atoms with Crippen molar-refractivity contribution in [1.29, 1.82) is 0 Å². The van der Waals surface area contributed by atoms with E-state index in [1.54, 1.807) is 19.1 Å². The lowest BCUT2D eigenvalue weighted by Gasteiger charge is -2.08. The van der Waals surface area contributed by atoms with Gasteiger partial charge in [-0.2, -0.15) is 0 Å². The van der Waals surface area contributed by atoms with Crippen LogP contribution in [0.25, 0.3) is 11.0 Å². The molecular formula is C21H18BrFO6. The molecule has 0 atom stereocenters. The van der Waals surface area contributed by atoms with Crippen LogP contribution in [0.15, 0.2) is 45.3 Å². The van der Waals surface area contributed by atoms with Gasteiger partial charge in [-0.1, -0.05) is 0 Å². The molecule has 8 heteroatoms. The Morgan fingerprint density at radius 3 is 2.55 bits per heavy atom. The van der Waals surface area contributed by atoms with Crippen molar-refractivity contribution in [1.82, 2.24) is 0 Å². The van der Waals surface area contributed by atoms with E-state index >= 15 is 0 Å². The maximum absolute atomic E-state index is 13.0. The number of hydrogen-bond donors (Lipinski definition) is 0. The van der Waals surface area contributed by atoms with E-state index in [1.165, 1.54) is 31.4 Å². The van der Waals surface area contributed by atoms with Crippen molar-refractivity contribution in [3.05, 3.63) is 63.6 Å². The summed E-state index contributed by atoms with van der Waals surface area (Å²) in [4.78, 5) is 24.7. The van der Waals surface area contributed by atoms with Crippen molar-refractivity contribution in [3.8, 4) is 5.75 Å². The first-order valence-corrected chi connectivity index (χ1v) is 9.50. The average Bonchev–Trinajstić information content (AvgIpc) is 3.01. The summed E-state index contributed by atoms with van der Waals surface area (Å²) in [6, 6.07) is 8.49. The van der Waals surface area contributed by atoms with Crippen molar-refractivity contribution in [3.63, 3.8) is 0 Å². The van der Waals surface area contributed by atoms with Crippen molar-refractivity contribution >= 4 is 38.7 Å². The number of methoxy groups -OCH3 is 1. The minimum atomic E-state index is -0.533. The highest BCUT2D eigenvalue weighted by Crippen LogP contribution is 2.35.